The van der Waals surface area contributed by atoms with Crippen LogP contribution in [-0.4, -0.2) is 31.0 Å². The van der Waals surface area contributed by atoms with Crippen LogP contribution in [0.1, 0.15) is 38.8 Å². The van der Waals surface area contributed by atoms with Crippen LogP contribution in [0.15, 0.2) is 90.4 Å². The number of benzene rings is 3. The normalized spacial score (nSPS) is 16.7. The highest BCUT2D eigenvalue weighted by Crippen LogP contribution is 2.38. The second-order valence-electron chi connectivity index (χ2n) is 9.71. The van der Waals surface area contributed by atoms with Crippen molar-refractivity contribution < 1.29 is 18.8 Å². The fraction of sp³-hybridized carbons (Fsp3) is 0.276. The second-order valence-corrected chi connectivity index (χ2v) is 9.71. The number of nitrogens with one attached hydrogen (secondary N) is 1. The number of hydrogen-bond donors (Lipinski definition) is 1. The molecule has 1 aliphatic rings. The van der Waals surface area contributed by atoms with Gasteiger partial charge in [-0.15, -0.1) is 0 Å². The Bertz CT molecular complexity index is 1140. The molecule has 0 bridgehead atoms. The number of alkyl carbamates (subject to hydrolysis) is 1. The van der Waals surface area contributed by atoms with Crippen molar-refractivity contribution in [3.05, 3.63) is 102 Å². The van der Waals surface area contributed by atoms with Gasteiger partial charge in [-0.25, -0.2) is 4.79 Å². The summed E-state index contributed by atoms with van der Waals surface area (Å²) in [5.74, 6) is 0. The van der Waals surface area contributed by atoms with Crippen molar-refractivity contribution in [2.45, 2.75) is 45.5 Å². The first-order valence-corrected chi connectivity index (χ1v) is 11.9. The number of carbonyl (C=O) groups excluding carboxylic acids is 1. The maximum absolute atomic E-state index is 12.4. The monoisotopic (exact) mass is 469 g/mol. The van der Waals surface area contributed by atoms with E-state index < -0.39 is 24.4 Å². The van der Waals surface area contributed by atoms with Crippen LogP contribution in [-0.2, 0) is 20.7 Å². The zero-order valence-corrected chi connectivity index (χ0v) is 20.8. The zero-order valence-electron chi connectivity index (χ0n) is 20.8. The summed E-state index contributed by atoms with van der Waals surface area (Å²) in [7, 11) is -0.580. The summed E-state index contributed by atoms with van der Waals surface area (Å²) < 4.78 is 17.9. The molecule has 1 aliphatic heterocycles. The summed E-state index contributed by atoms with van der Waals surface area (Å²) in [4.78, 5) is 12.4. The van der Waals surface area contributed by atoms with Crippen molar-refractivity contribution in [3.8, 4) is 11.1 Å². The fourth-order valence-corrected chi connectivity index (χ4v) is 3.76. The Hall–Kier alpha value is -3.35. The van der Waals surface area contributed by atoms with Gasteiger partial charge in [0.15, 0.2) is 0 Å². The van der Waals surface area contributed by atoms with E-state index in [1.807, 2.05) is 82.3 Å². The molecule has 6 heteroatoms. The molecular formula is C29H32BNO4. The first-order valence-electron chi connectivity index (χ1n) is 11.9. The highest BCUT2D eigenvalue weighted by Gasteiger charge is 2.52. The molecule has 5 nitrogen and oxygen atoms in total. The highest BCUT2D eigenvalue weighted by molar-refractivity contribution is 6.56. The quantitative estimate of drug-likeness (QED) is 0.413. The number of ether oxygens (including phenoxy) is 1. The molecule has 1 fully saturated rings. The average molecular weight is 469 g/mol. The van der Waals surface area contributed by atoms with Gasteiger partial charge in [-0.1, -0.05) is 91.0 Å². The summed E-state index contributed by atoms with van der Waals surface area (Å²) in [6.07, 6.45) is 1.52. The molecule has 4 rings (SSSR count). The third-order valence-electron chi connectivity index (χ3n) is 6.58. The van der Waals surface area contributed by atoms with Crippen molar-refractivity contribution in [2.24, 2.45) is 0 Å². The summed E-state index contributed by atoms with van der Waals surface area (Å²) in [6, 6.07) is 28.1. The van der Waals surface area contributed by atoms with Gasteiger partial charge in [-0.2, -0.15) is 0 Å². The van der Waals surface area contributed by atoms with Gasteiger partial charge in [0.05, 0.1) is 11.2 Å². The van der Waals surface area contributed by atoms with Crippen LogP contribution in [0.25, 0.3) is 17.2 Å². The molecule has 0 unspecified atom stereocenters. The standard InChI is InChI=1S/C29H32BNO4/c1-28(2)29(3,4)35-30(34-28)26(20-31-27(32)33-21-23-11-7-5-8-12-23)19-22-15-17-25(18-16-22)24-13-9-6-10-14-24/h5-19H,20-21H2,1-4H3,(H,31,32). The lowest BCUT2D eigenvalue weighted by atomic mass is 9.77. The SMILES string of the molecule is CC1(C)OB(C(=Cc2ccc(-c3ccccc3)cc2)CNC(=O)OCc2ccccc2)OC1(C)C. The van der Waals surface area contributed by atoms with Crippen LogP contribution in [0.3, 0.4) is 0 Å². The molecule has 0 atom stereocenters. The molecule has 0 spiro atoms. The fourth-order valence-electron chi connectivity index (χ4n) is 3.76. The largest absolute Gasteiger partial charge is 0.492 e. The second kappa shape index (κ2) is 10.5. The number of hydrogen-bond acceptors (Lipinski definition) is 4. The lowest BCUT2D eigenvalue weighted by molar-refractivity contribution is 0.00578. The predicted octanol–water partition coefficient (Wildman–Crippen LogP) is 6.29. The maximum Gasteiger partial charge on any atom is 0.492 e. The molecule has 3 aromatic rings. The summed E-state index contributed by atoms with van der Waals surface area (Å²) >= 11 is 0. The third-order valence-corrected chi connectivity index (χ3v) is 6.58. The van der Waals surface area contributed by atoms with Gasteiger partial charge in [0.25, 0.3) is 0 Å². The van der Waals surface area contributed by atoms with Gasteiger partial charge >= 0.3 is 13.2 Å². The van der Waals surface area contributed by atoms with Crippen molar-refractivity contribution in [2.75, 3.05) is 6.54 Å². The van der Waals surface area contributed by atoms with Crippen molar-refractivity contribution >= 4 is 19.3 Å². The minimum absolute atomic E-state index is 0.211. The predicted molar refractivity (Wildman–Crippen MR) is 141 cm³/mol. The first kappa shape index (κ1) is 24.8. The Morgan fingerprint density at radius 3 is 1.97 bits per heavy atom. The molecule has 180 valence electrons. The minimum Gasteiger partial charge on any atom is -0.445 e. The summed E-state index contributed by atoms with van der Waals surface area (Å²) in [5.41, 5.74) is 4.08. The Morgan fingerprint density at radius 1 is 0.829 bits per heavy atom. The van der Waals surface area contributed by atoms with Crippen LogP contribution < -0.4 is 5.32 Å². The van der Waals surface area contributed by atoms with E-state index in [0.717, 1.165) is 27.7 Å². The highest BCUT2D eigenvalue weighted by atomic mass is 16.7. The number of rotatable bonds is 7. The molecule has 0 aromatic heterocycles. The van der Waals surface area contributed by atoms with E-state index >= 15 is 0 Å². The third kappa shape index (κ3) is 6.21. The molecule has 1 N–H and O–H groups in total. The van der Waals surface area contributed by atoms with Crippen molar-refractivity contribution in [1.82, 2.24) is 5.32 Å². The molecule has 0 saturated carbocycles. The summed E-state index contributed by atoms with van der Waals surface area (Å²) in [5, 5.41) is 2.85. The molecule has 1 amide bonds. The topological polar surface area (TPSA) is 56.8 Å². The van der Waals surface area contributed by atoms with Gasteiger partial charge in [-0.3, -0.25) is 0 Å². The van der Waals surface area contributed by atoms with Crippen LogP contribution in [0, 0.1) is 0 Å². The van der Waals surface area contributed by atoms with Crippen LogP contribution in [0.2, 0.25) is 0 Å². The van der Waals surface area contributed by atoms with Gasteiger partial charge in [0.1, 0.15) is 6.61 Å². The number of carbonyl (C=O) groups is 1. The van der Waals surface area contributed by atoms with Gasteiger partial charge in [0, 0.05) is 6.54 Å². The molecular weight excluding hydrogens is 437 g/mol. The smallest absolute Gasteiger partial charge is 0.445 e. The molecule has 0 radical (unpaired) electrons. The van der Waals surface area contributed by atoms with Crippen LogP contribution in [0.4, 0.5) is 4.79 Å². The van der Waals surface area contributed by atoms with E-state index in [-0.39, 0.29) is 13.2 Å². The molecule has 1 saturated heterocycles. The number of amides is 1. The van der Waals surface area contributed by atoms with E-state index in [1.165, 1.54) is 0 Å². The van der Waals surface area contributed by atoms with Crippen LogP contribution in [0.5, 0.6) is 0 Å². The van der Waals surface area contributed by atoms with E-state index in [9.17, 15) is 4.79 Å². The van der Waals surface area contributed by atoms with Gasteiger partial charge in [0.2, 0.25) is 0 Å². The van der Waals surface area contributed by atoms with Crippen molar-refractivity contribution in [3.63, 3.8) is 0 Å². The Kier molecular flexibility index (Phi) is 7.44. The molecule has 3 aromatic carbocycles. The molecule has 0 aliphatic carbocycles. The zero-order chi connectivity index (χ0) is 24.9. The Morgan fingerprint density at radius 2 is 1.37 bits per heavy atom. The maximum atomic E-state index is 12.4. The van der Waals surface area contributed by atoms with E-state index in [0.29, 0.717) is 0 Å². The lowest BCUT2D eigenvalue weighted by Crippen LogP contribution is -2.41. The first-order chi connectivity index (χ1) is 16.7. The van der Waals surface area contributed by atoms with E-state index in [2.05, 4.69) is 41.7 Å². The Balaban J connectivity index is 1.49. The average Bonchev–Trinajstić information content (AvgIpc) is 3.08. The van der Waals surface area contributed by atoms with E-state index in [1.54, 1.807) is 0 Å². The minimum atomic E-state index is -0.580. The molecule has 1 heterocycles. The van der Waals surface area contributed by atoms with Crippen LogP contribution >= 0.6 is 0 Å². The molecule has 35 heavy (non-hydrogen) atoms. The lowest BCUT2D eigenvalue weighted by Gasteiger charge is -2.32. The van der Waals surface area contributed by atoms with Gasteiger partial charge < -0.3 is 19.4 Å². The van der Waals surface area contributed by atoms with E-state index in [4.69, 9.17) is 14.0 Å². The Labute approximate surface area is 208 Å². The van der Waals surface area contributed by atoms with Crippen molar-refractivity contribution in [1.29, 1.82) is 0 Å². The summed E-state index contributed by atoms with van der Waals surface area (Å²) in [6.45, 7) is 8.51. The van der Waals surface area contributed by atoms with Gasteiger partial charge in [-0.05, 0) is 55.4 Å².